The summed E-state index contributed by atoms with van der Waals surface area (Å²) in [6.45, 7) is 8.67. The summed E-state index contributed by atoms with van der Waals surface area (Å²) in [6.07, 6.45) is 0.738. The molecule has 1 aromatic rings. The van der Waals surface area contributed by atoms with Crippen molar-refractivity contribution in [2.24, 2.45) is 5.92 Å². The molecule has 0 aromatic heterocycles. The highest BCUT2D eigenvalue weighted by Gasteiger charge is 2.57. The zero-order chi connectivity index (χ0) is 22.1. The molecule has 8 heteroatoms. The van der Waals surface area contributed by atoms with Crippen LogP contribution in [0.25, 0.3) is 0 Å². The molecule has 0 radical (unpaired) electrons. The third-order valence-electron chi connectivity index (χ3n) is 5.94. The molecule has 0 saturated carbocycles. The van der Waals surface area contributed by atoms with E-state index in [1.807, 2.05) is 52.0 Å². The van der Waals surface area contributed by atoms with Crippen LogP contribution in [0.3, 0.4) is 0 Å². The Bertz CT molecular complexity index is 828. The van der Waals surface area contributed by atoms with Gasteiger partial charge in [-0.2, -0.15) is 0 Å². The van der Waals surface area contributed by atoms with Gasteiger partial charge in [0, 0.05) is 24.0 Å². The summed E-state index contributed by atoms with van der Waals surface area (Å²) >= 11 is 1.61. The van der Waals surface area contributed by atoms with E-state index in [1.54, 1.807) is 23.8 Å². The average molecular weight is 434 g/mol. The van der Waals surface area contributed by atoms with E-state index < -0.39 is 16.8 Å². The van der Waals surface area contributed by atoms with Crippen molar-refractivity contribution < 1.29 is 19.1 Å². The number of fused-ring (bicyclic) bond motifs is 3. The van der Waals surface area contributed by atoms with Crippen LogP contribution in [0.1, 0.15) is 55.4 Å². The Hall–Kier alpha value is -2.06. The van der Waals surface area contributed by atoms with Crippen LogP contribution in [-0.2, 0) is 14.3 Å². The van der Waals surface area contributed by atoms with Gasteiger partial charge >= 0.3 is 0 Å². The third-order valence-corrected chi connectivity index (χ3v) is 7.48. The molecular formula is C22H31N3O4S. The van der Waals surface area contributed by atoms with Crippen molar-refractivity contribution in [1.29, 1.82) is 0 Å². The van der Waals surface area contributed by atoms with E-state index >= 15 is 0 Å². The molecule has 2 heterocycles. The molecule has 0 bridgehead atoms. The Labute approximate surface area is 182 Å². The molecule has 2 aliphatic rings. The molecule has 1 saturated heterocycles. The monoisotopic (exact) mass is 433 g/mol. The van der Waals surface area contributed by atoms with Crippen molar-refractivity contribution in [1.82, 2.24) is 15.5 Å². The minimum Gasteiger partial charge on any atom is -0.383 e. The molecule has 164 valence electrons. The average Bonchev–Trinajstić information content (AvgIpc) is 3.15. The Kier molecular flexibility index (Phi) is 6.77. The van der Waals surface area contributed by atoms with Crippen LogP contribution in [0.2, 0.25) is 0 Å². The van der Waals surface area contributed by atoms with Gasteiger partial charge in [-0.3, -0.25) is 14.4 Å². The third kappa shape index (κ3) is 4.07. The van der Waals surface area contributed by atoms with Gasteiger partial charge in [0.1, 0.15) is 17.5 Å². The molecule has 3 rings (SSSR count). The minimum atomic E-state index is -0.667. The zero-order valence-electron chi connectivity index (χ0n) is 18.2. The molecule has 30 heavy (non-hydrogen) atoms. The maximum absolute atomic E-state index is 13.4. The van der Waals surface area contributed by atoms with Gasteiger partial charge in [0.15, 0.2) is 0 Å². The van der Waals surface area contributed by atoms with Crippen molar-refractivity contribution in [3.8, 4) is 0 Å². The topological polar surface area (TPSA) is 87.7 Å². The van der Waals surface area contributed by atoms with Gasteiger partial charge in [0.05, 0.1) is 6.61 Å². The molecule has 0 aliphatic carbocycles. The summed E-state index contributed by atoms with van der Waals surface area (Å²) in [6, 6.07) is 6.19. The quantitative estimate of drug-likeness (QED) is 0.615. The summed E-state index contributed by atoms with van der Waals surface area (Å²) in [5.74, 6) is -0.691. The summed E-state index contributed by atoms with van der Waals surface area (Å²) in [4.78, 5) is 41.0. The van der Waals surface area contributed by atoms with Crippen LogP contribution in [0.15, 0.2) is 24.3 Å². The zero-order valence-corrected chi connectivity index (χ0v) is 19.0. The highest BCUT2D eigenvalue weighted by molar-refractivity contribution is 8.01. The second-order valence-corrected chi connectivity index (χ2v) is 10.2. The summed E-state index contributed by atoms with van der Waals surface area (Å²) in [5, 5.41) is 5.59. The molecule has 4 unspecified atom stereocenters. The minimum absolute atomic E-state index is 0.0454. The second kappa shape index (κ2) is 8.98. The lowest BCUT2D eigenvalue weighted by molar-refractivity contribution is -0.133. The summed E-state index contributed by atoms with van der Waals surface area (Å²) < 4.78 is 4.51. The van der Waals surface area contributed by atoms with E-state index in [1.165, 1.54) is 0 Å². The molecule has 2 aliphatic heterocycles. The number of thioether (sulfide) groups is 1. The number of hydrogen-bond donors (Lipinski definition) is 2. The number of carbonyl (C=O) groups is 3. The predicted molar refractivity (Wildman–Crippen MR) is 117 cm³/mol. The Morgan fingerprint density at radius 1 is 1.30 bits per heavy atom. The smallest absolute Gasteiger partial charge is 0.256 e. The first kappa shape index (κ1) is 22.6. The Balaban J connectivity index is 1.82. The van der Waals surface area contributed by atoms with E-state index in [2.05, 4.69) is 10.6 Å². The SMILES string of the molecule is CCC(C)C(NC(=O)C1N2C(=O)c3ccccc3C2SC1(C)C)C(=O)NCCOC. The molecule has 7 nitrogen and oxygen atoms in total. The maximum atomic E-state index is 13.4. The molecule has 0 spiro atoms. The molecule has 1 fully saturated rings. The van der Waals surface area contributed by atoms with Crippen LogP contribution < -0.4 is 10.6 Å². The van der Waals surface area contributed by atoms with Gasteiger partial charge in [-0.1, -0.05) is 38.5 Å². The second-order valence-electron chi connectivity index (χ2n) is 8.43. The fourth-order valence-electron chi connectivity index (χ4n) is 4.12. The number of nitrogens with one attached hydrogen (secondary N) is 2. The number of carbonyl (C=O) groups excluding carboxylic acids is 3. The van der Waals surface area contributed by atoms with Crippen molar-refractivity contribution >= 4 is 29.5 Å². The number of nitrogens with zero attached hydrogens (tertiary/aromatic N) is 1. The van der Waals surface area contributed by atoms with Crippen LogP contribution in [0, 0.1) is 5.92 Å². The molecule has 2 N–H and O–H groups in total. The van der Waals surface area contributed by atoms with E-state index in [-0.39, 0.29) is 29.0 Å². The van der Waals surface area contributed by atoms with Crippen molar-refractivity contribution in [3.63, 3.8) is 0 Å². The Morgan fingerprint density at radius 3 is 2.67 bits per heavy atom. The van der Waals surface area contributed by atoms with Gasteiger partial charge in [0.2, 0.25) is 11.8 Å². The fourth-order valence-corrected chi connectivity index (χ4v) is 5.71. The highest BCUT2D eigenvalue weighted by Crippen LogP contribution is 2.56. The van der Waals surface area contributed by atoms with Gasteiger partial charge in [0.25, 0.3) is 5.91 Å². The molecular weight excluding hydrogens is 402 g/mol. The first-order chi connectivity index (χ1) is 14.2. The molecule has 4 atom stereocenters. The van der Waals surface area contributed by atoms with Crippen LogP contribution in [0.4, 0.5) is 0 Å². The summed E-state index contributed by atoms with van der Waals surface area (Å²) in [5.41, 5.74) is 1.60. The standard InChI is InChI=1S/C22H31N3O4S/c1-6-13(2)16(18(26)23-11-12-29-5)24-19(27)17-22(3,4)30-21-15-10-8-7-9-14(15)20(28)25(17)21/h7-10,13,16-17,21H,6,11-12H2,1-5H3,(H,23,26)(H,24,27). The maximum Gasteiger partial charge on any atom is 0.256 e. The Morgan fingerprint density at radius 2 is 2.00 bits per heavy atom. The van der Waals surface area contributed by atoms with E-state index in [0.29, 0.717) is 18.7 Å². The number of ether oxygens (including phenoxy) is 1. The van der Waals surface area contributed by atoms with Gasteiger partial charge in [-0.15, -0.1) is 11.8 Å². The number of amides is 3. The highest BCUT2D eigenvalue weighted by atomic mass is 32.2. The van der Waals surface area contributed by atoms with E-state index in [4.69, 9.17) is 4.74 Å². The summed E-state index contributed by atoms with van der Waals surface area (Å²) in [7, 11) is 1.57. The van der Waals surface area contributed by atoms with Gasteiger partial charge in [-0.05, 0) is 31.4 Å². The molecule has 1 aromatic carbocycles. The van der Waals surface area contributed by atoms with Crippen LogP contribution in [0.5, 0.6) is 0 Å². The van der Waals surface area contributed by atoms with Gasteiger partial charge in [-0.25, -0.2) is 0 Å². The molecule has 3 amide bonds. The normalized spacial score (nSPS) is 23.5. The number of methoxy groups -OCH3 is 1. The number of rotatable bonds is 8. The predicted octanol–water partition coefficient (Wildman–Crippen LogP) is 2.33. The van der Waals surface area contributed by atoms with Crippen LogP contribution in [-0.4, -0.2) is 59.7 Å². The largest absolute Gasteiger partial charge is 0.383 e. The first-order valence-electron chi connectivity index (χ1n) is 10.4. The van der Waals surface area contributed by atoms with E-state index in [0.717, 1.165) is 12.0 Å². The van der Waals surface area contributed by atoms with E-state index in [9.17, 15) is 14.4 Å². The van der Waals surface area contributed by atoms with Gasteiger partial charge < -0.3 is 20.3 Å². The van der Waals surface area contributed by atoms with Crippen molar-refractivity contribution in [2.75, 3.05) is 20.3 Å². The fraction of sp³-hybridized carbons (Fsp3) is 0.591. The number of benzene rings is 1. The van der Waals surface area contributed by atoms with Crippen LogP contribution >= 0.6 is 11.8 Å². The van der Waals surface area contributed by atoms with Crippen molar-refractivity contribution in [2.45, 2.75) is 56.3 Å². The first-order valence-corrected chi connectivity index (χ1v) is 11.3. The number of hydrogen-bond acceptors (Lipinski definition) is 5. The lowest BCUT2D eigenvalue weighted by atomic mass is 9.95. The van der Waals surface area contributed by atoms with Crippen molar-refractivity contribution in [3.05, 3.63) is 35.4 Å². The lowest BCUT2D eigenvalue weighted by Gasteiger charge is -2.32. The lowest BCUT2D eigenvalue weighted by Crippen LogP contribution is -2.58.